The summed E-state index contributed by atoms with van der Waals surface area (Å²) in [6.07, 6.45) is 3.44. The highest BCUT2D eigenvalue weighted by molar-refractivity contribution is 5.98. The van der Waals surface area contributed by atoms with Crippen LogP contribution in [0.4, 0.5) is 0 Å². The highest BCUT2D eigenvalue weighted by Crippen LogP contribution is 2.28. The van der Waals surface area contributed by atoms with Gasteiger partial charge in [0.1, 0.15) is 11.4 Å². The average Bonchev–Trinajstić information content (AvgIpc) is 2.73. The first-order valence-corrected chi connectivity index (χ1v) is 9.07. The van der Waals surface area contributed by atoms with E-state index in [1.165, 1.54) is 0 Å². The van der Waals surface area contributed by atoms with Gasteiger partial charge in [-0.3, -0.25) is 14.8 Å². The van der Waals surface area contributed by atoms with Gasteiger partial charge in [0, 0.05) is 24.0 Å². The molecule has 4 rings (SSSR count). The summed E-state index contributed by atoms with van der Waals surface area (Å²) in [5.41, 5.74) is 4.60. The van der Waals surface area contributed by atoms with Gasteiger partial charge in [-0.2, -0.15) is 0 Å². The van der Waals surface area contributed by atoms with Crippen LogP contribution in [0, 0.1) is 0 Å². The third-order valence-corrected chi connectivity index (χ3v) is 4.16. The van der Waals surface area contributed by atoms with E-state index in [0.717, 1.165) is 5.69 Å². The predicted molar refractivity (Wildman–Crippen MR) is 109 cm³/mol. The predicted octanol–water partition coefficient (Wildman–Crippen LogP) is 3.89. The number of fused-ring (bicyclic) bond motifs is 1. The van der Waals surface area contributed by atoms with Crippen molar-refractivity contribution >= 4 is 16.9 Å². The molecule has 4 aromatic rings. The number of rotatable bonds is 4. The number of carbonyl (C=O) groups is 1. The molecule has 0 saturated carbocycles. The maximum atomic E-state index is 12.4. The molecule has 138 valence electrons. The van der Waals surface area contributed by atoms with Crippen LogP contribution < -0.4 is 5.32 Å². The molecule has 6 heteroatoms. The number of nitrogens with one attached hydrogen (secondary N) is 1. The van der Waals surface area contributed by atoms with Crippen molar-refractivity contribution in [2.24, 2.45) is 0 Å². The quantitative estimate of drug-likeness (QED) is 0.590. The Kier molecular flexibility index (Phi) is 4.76. The number of hydrogen-bond acceptors (Lipinski definition) is 5. The zero-order valence-corrected chi connectivity index (χ0v) is 15.6. The smallest absolute Gasteiger partial charge is 0.251 e. The fourth-order valence-corrected chi connectivity index (χ4v) is 2.90. The first kappa shape index (κ1) is 17.7. The van der Waals surface area contributed by atoms with Gasteiger partial charge in [-0.1, -0.05) is 12.1 Å². The zero-order chi connectivity index (χ0) is 19.5. The molecule has 0 aliphatic heterocycles. The highest BCUT2D eigenvalue weighted by Gasteiger charge is 2.16. The van der Waals surface area contributed by atoms with Crippen LogP contribution in [-0.2, 0) is 0 Å². The number of pyridine rings is 2. The minimum Gasteiger partial charge on any atom is -0.350 e. The molecule has 6 nitrogen and oxygen atoms in total. The summed E-state index contributed by atoms with van der Waals surface area (Å²) >= 11 is 0. The Labute approximate surface area is 162 Å². The molecular formula is C22H19N5O. The Hall–Kier alpha value is -3.67. The summed E-state index contributed by atoms with van der Waals surface area (Å²) in [5.74, 6) is -0.133. The second-order valence-corrected chi connectivity index (χ2v) is 6.68. The van der Waals surface area contributed by atoms with Gasteiger partial charge in [-0.25, -0.2) is 9.97 Å². The second kappa shape index (κ2) is 7.52. The molecule has 1 aromatic carbocycles. The molecule has 0 radical (unpaired) electrons. The maximum Gasteiger partial charge on any atom is 0.251 e. The minimum atomic E-state index is -0.133. The van der Waals surface area contributed by atoms with Gasteiger partial charge in [0.25, 0.3) is 5.91 Å². The van der Waals surface area contributed by atoms with Crippen LogP contribution in [-0.4, -0.2) is 31.9 Å². The van der Waals surface area contributed by atoms with E-state index in [9.17, 15) is 4.79 Å². The van der Waals surface area contributed by atoms with E-state index < -0.39 is 0 Å². The van der Waals surface area contributed by atoms with Crippen LogP contribution >= 0.6 is 0 Å². The number of amides is 1. The lowest BCUT2D eigenvalue weighted by Gasteiger charge is -2.11. The van der Waals surface area contributed by atoms with Crippen LogP contribution in [0.2, 0.25) is 0 Å². The number of nitrogens with zero attached hydrogens (tertiary/aromatic N) is 4. The van der Waals surface area contributed by atoms with Crippen molar-refractivity contribution in [3.05, 3.63) is 72.6 Å². The molecule has 0 spiro atoms. The Morgan fingerprint density at radius 2 is 1.43 bits per heavy atom. The molecular weight excluding hydrogens is 350 g/mol. The van der Waals surface area contributed by atoms with Crippen LogP contribution in [0.15, 0.2) is 67.0 Å². The van der Waals surface area contributed by atoms with E-state index in [4.69, 9.17) is 9.97 Å². The van der Waals surface area contributed by atoms with Crippen LogP contribution in [0.1, 0.15) is 24.2 Å². The molecule has 0 unspecified atom stereocenters. The SMILES string of the molecule is CC(C)NC(=O)c1ccc2nc(-c3ccccn3)c(-c3ccccn3)nc2c1. The summed E-state index contributed by atoms with van der Waals surface area (Å²) in [5, 5.41) is 2.90. The molecule has 0 fully saturated rings. The summed E-state index contributed by atoms with van der Waals surface area (Å²) in [7, 11) is 0. The second-order valence-electron chi connectivity index (χ2n) is 6.68. The standard InChI is InChI=1S/C22H19N5O/c1-14(2)25-22(28)15-9-10-16-19(13-15)27-21(18-8-4-6-12-24-18)20(26-16)17-7-3-5-11-23-17/h3-14H,1-2H3,(H,25,28). The van der Waals surface area contributed by atoms with Gasteiger partial charge in [0.2, 0.25) is 0 Å². The van der Waals surface area contributed by atoms with Crippen LogP contribution in [0.25, 0.3) is 33.8 Å². The molecule has 0 aliphatic carbocycles. The fourth-order valence-electron chi connectivity index (χ4n) is 2.90. The molecule has 3 heterocycles. The van der Waals surface area contributed by atoms with Crippen molar-refractivity contribution in [2.45, 2.75) is 19.9 Å². The summed E-state index contributed by atoms with van der Waals surface area (Å²) in [6.45, 7) is 3.86. The van der Waals surface area contributed by atoms with Crippen LogP contribution in [0.3, 0.4) is 0 Å². The molecule has 0 atom stereocenters. The Morgan fingerprint density at radius 3 is 1.96 bits per heavy atom. The van der Waals surface area contributed by atoms with Crippen LogP contribution in [0.5, 0.6) is 0 Å². The minimum absolute atomic E-state index is 0.0601. The summed E-state index contributed by atoms with van der Waals surface area (Å²) in [4.78, 5) is 30.8. The van der Waals surface area contributed by atoms with E-state index in [1.54, 1.807) is 24.5 Å². The average molecular weight is 369 g/mol. The molecule has 1 amide bonds. The third-order valence-electron chi connectivity index (χ3n) is 4.16. The normalized spacial score (nSPS) is 11.0. The van der Waals surface area contributed by atoms with E-state index in [2.05, 4.69) is 15.3 Å². The monoisotopic (exact) mass is 369 g/mol. The van der Waals surface area contributed by atoms with Gasteiger partial charge in [-0.15, -0.1) is 0 Å². The largest absolute Gasteiger partial charge is 0.350 e. The molecule has 3 aromatic heterocycles. The Morgan fingerprint density at radius 1 is 0.821 bits per heavy atom. The van der Waals surface area contributed by atoms with Gasteiger partial charge < -0.3 is 5.32 Å². The van der Waals surface area contributed by atoms with E-state index in [1.807, 2.05) is 56.3 Å². The van der Waals surface area contributed by atoms with Crippen molar-refractivity contribution < 1.29 is 4.79 Å². The van der Waals surface area contributed by atoms with Crippen molar-refractivity contribution in [1.29, 1.82) is 0 Å². The van der Waals surface area contributed by atoms with E-state index >= 15 is 0 Å². The Bertz CT molecular complexity index is 1130. The number of benzene rings is 1. The lowest BCUT2D eigenvalue weighted by atomic mass is 10.1. The summed E-state index contributed by atoms with van der Waals surface area (Å²) in [6, 6.07) is 16.7. The van der Waals surface area contributed by atoms with Gasteiger partial charge >= 0.3 is 0 Å². The highest BCUT2D eigenvalue weighted by atomic mass is 16.1. The molecule has 0 bridgehead atoms. The zero-order valence-electron chi connectivity index (χ0n) is 15.6. The number of hydrogen-bond donors (Lipinski definition) is 1. The number of carbonyl (C=O) groups excluding carboxylic acids is 1. The molecule has 0 saturated heterocycles. The Balaban J connectivity index is 1.90. The fraction of sp³-hybridized carbons (Fsp3) is 0.136. The molecule has 0 aliphatic rings. The third kappa shape index (κ3) is 3.57. The van der Waals surface area contributed by atoms with Crippen molar-refractivity contribution in [1.82, 2.24) is 25.3 Å². The van der Waals surface area contributed by atoms with Gasteiger partial charge in [0.05, 0.1) is 22.4 Å². The molecule has 28 heavy (non-hydrogen) atoms. The summed E-state index contributed by atoms with van der Waals surface area (Å²) < 4.78 is 0. The lowest BCUT2D eigenvalue weighted by Crippen LogP contribution is -2.30. The topological polar surface area (TPSA) is 80.7 Å². The first-order valence-electron chi connectivity index (χ1n) is 9.07. The van der Waals surface area contributed by atoms with E-state index in [0.29, 0.717) is 33.7 Å². The lowest BCUT2D eigenvalue weighted by molar-refractivity contribution is 0.0943. The maximum absolute atomic E-state index is 12.4. The first-order chi connectivity index (χ1) is 13.6. The van der Waals surface area contributed by atoms with Crippen molar-refractivity contribution in [3.8, 4) is 22.8 Å². The molecule has 1 N–H and O–H groups in total. The van der Waals surface area contributed by atoms with E-state index in [-0.39, 0.29) is 11.9 Å². The van der Waals surface area contributed by atoms with Gasteiger partial charge in [-0.05, 0) is 56.3 Å². The number of aromatic nitrogens is 4. The van der Waals surface area contributed by atoms with Crippen molar-refractivity contribution in [3.63, 3.8) is 0 Å². The van der Waals surface area contributed by atoms with Gasteiger partial charge in [0.15, 0.2) is 0 Å². The van der Waals surface area contributed by atoms with Crippen molar-refractivity contribution in [2.75, 3.05) is 0 Å².